The molecule has 0 aliphatic carbocycles. The van der Waals surface area contributed by atoms with Crippen LogP contribution in [0.5, 0.6) is 0 Å². The summed E-state index contributed by atoms with van der Waals surface area (Å²) in [6.07, 6.45) is 0. The molecule has 0 fully saturated rings. The van der Waals surface area contributed by atoms with E-state index in [1.54, 1.807) is 41.8 Å². The van der Waals surface area contributed by atoms with Crippen molar-refractivity contribution in [3.05, 3.63) is 93.8 Å². The molecule has 0 saturated carbocycles. The van der Waals surface area contributed by atoms with Gasteiger partial charge < -0.3 is 5.32 Å². The van der Waals surface area contributed by atoms with Crippen LogP contribution in [0.25, 0.3) is 17.1 Å². The number of carbonyl (C=O) groups excluding carboxylic acids is 1. The highest BCUT2D eigenvalue weighted by Gasteiger charge is 2.21. The summed E-state index contributed by atoms with van der Waals surface area (Å²) in [6, 6.07) is 18.4. The number of nitro benzene ring substituents is 1. The second kappa shape index (κ2) is 9.84. The zero-order chi connectivity index (χ0) is 24.2. The van der Waals surface area contributed by atoms with Gasteiger partial charge in [-0.15, -0.1) is 10.2 Å². The highest BCUT2D eigenvalue weighted by atomic mass is 32.2. The smallest absolute Gasteiger partial charge is 0.293 e. The summed E-state index contributed by atoms with van der Waals surface area (Å²) in [5, 5.41) is 22.7. The first-order valence-electron chi connectivity index (χ1n) is 10.3. The van der Waals surface area contributed by atoms with Crippen LogP contribution in [0.15, 0.2) is 71.9 Å². The Hall–Kier alpha value is -4.05. The molecule has 4 rings (SSSR count). The average Bonchev–Trinajstić information content (AvgIpc) is 3.23. The Balaban J connectivity index is 1.63. The number of amides is 1. The number of para-hydroxylation sites is 1. The van der Waals surface area contributed by atoms with Gasteiger partial charge in [-0.25, -0.2) is 4.39 Å². The lowest BCUT2D eigenvalue weighted by Crippen LogP contribution is -2.16. The maximum Gasteiger partial charge on any atom is 0.293 e. The highest BCUT2D eigenvalue weighted by Crippen LogP contribution is 2.31. The molecule has 3 aromatic carbocycles. The fraction of sp³-hybridized carbons (Fsp3) is 0.125. The summed E-state index contributed by atoms with van der Waals surface area (Å²) in [5.41, 5.74) is 2.61. The predicted octanol–water partition coefficient (Wildman–Crippen LogP) is 5.33. The zero-order valence-corrected chi connectivity index (χ0v) is 19.2. The van der Waals surface area contributed by atoms with Crippen molar-refractivity contribution in [2.75, 3.05) is 11.1 Å². The Bertz CT molecular complexity index is 1370. The van der Waals surface area contributed by atoms with Gasteiger partial charge in [-0.1, -0.05) is 53.7 Å². The molecule has 172 valence electrons. The number of nitrogens with one attached hydrogen (secondary N) is 1. The number of anilines is 1. The van der Waals surface area contributed by atoms with Crippen molar-refractivity contribution in [1.29, 1.82) is 0 Å². The number of thioether (sulfide) groups is 1. The van der Waals surface area contributed by atoms with Crippen molar-refractivity contribution in [3.63, 3.8) is 0 Å². The van der Waals surface area contributed by atoms with E-state index >= 15 is 0 Å². The molecule has 0 aliphatic rings. The van der Waals surface area contributed by atoms with E-state index in [1.807, 2.05) is 31.2 Å². The number of benzene rings is 3. The normalized spacial score (nSPS) is 10.8. The van der Waals surface area contributed by atoms with E-state index in [1.165, 1.54) is 12.1 Å². The van der Waals surface area contributed by atoms with Gasteiger partial charge in [0.25, 0.3) is 5.69 Å². The molecule has 8 nitrogen and oxygen atoms in total. The monoisotopic (exact) mass is 477 g/mol. The number of nitro groups is 1. The summed E-state index contributed by atoms with van der Waals surface area (Å²) in [5.74, 6) is -0.649. The number of hydrogen-bond acceptors (Lipinski definition) is 6. The molecule has 0 spiro atoms. The van der Waals surface area contributed by atoms with Gasteiger partial charge in [0, 0.05) is 11.8 Å². The zero-order valence-electron chi connectivity index (χ0n) is 18.4. The number of hydrogen-bond donors (Lipinski definition) is 1. The van der Waals surface area contributed by atoms with Gasteiger partial charge >= 0.3 is 0 Å². The lowest BCUT2D eigenvalue weighted by molar-refractivity contribution is -0.384. The second-order valence-corrected chi connectivity index (χ2v) is 8.46. The molecule has 1 heterocycles. The fourth-order valence-corrected chi connectivity index (χ4v) is 4.13. The third-order valence-corrected chi connectivity index (χ3v) is 6.01. The number of nitrogens with zero attached hydrogens (tertiary/aromatic N) is 4. The molecule has 10 heteroatoms. The van der Waals surface area contributed by atoms with Crippen LogP contribution in [0, 0.1) is 29.8 Å². The van der Waals surface area contributed by atoms with Crippen LogP contribution < -0.4 is 5.32 Å². The minimum absolute atomic E-state index is 0.0766. The lowest BCUT2D eigenvalue weighted by atomic mass is 10.1. The standard InChI is InChI=1S/C24H20FN5O3S/c1-15-10-12-17(13-11-15)29-23(18-7-3-4-8-19(18)25)27-28-24(29)34-14-21(31)26-22-16(2)6-5-9-20(22)30(32)33/h3-13H,14H2,1-2H3,(H,26,31). The van der Waals surface area contributed by atoms with Crippen LogP contribution in [0.3, 0.4) is 0 Å². The molecular weight excluding hydrogens is 457 g/mol. The van der Waals surface area contributed by atoms with Crippen LogP contribution >= 0.6 is 11.8 Å². The molecular formula is C24H20FN5O3S. The van der Waals surface area contributed by atoms with Crippen LogP contribution in [-0.2, 0) is 4.79 Å². The predicted molar refractivity (Wildman–Crippen MR) is 129 cm³/mol. The Morgan fingerprint density at radius 2 is 1.79 bits per heavy atom. The van der Waals surface area contributed by atoms with Crippen molar-refractivity contribution in [1.82, 2.24) is 14.8 Å². The number of carbonyl (C=O) groups is 1. The maximum atomic E-state index is 14.5. The first-order valence-corrected chi connectivity index (χ1v) is 11.3. The first-order chi connectivity index (χ1) is 16.3. The minimum atomic E-state index is -0.537. The van der Waals surface area contributed by atoms with Gasteiger partial charge in [0.2, 0.25) is 5.91 Å². The van der Waals surface area contributed by atoms with Gasteiger partial charge in [-0.2, -0.15) is 0 Å². The van der Waals surface area contributed by atoms with Crippen LogP contribution in [-0.4, -0.2) is 31.3 Å². The summed E-state index contributed by atoms with van der Waals surface area (Å²) >= 11 is 1.10. The highest BCUT2D eigenvalue weighted by molar-refractivity contribution is 7.99. The Morgan fingerprint density at radius 1 is 1.06 bits per heavy atom. The molecule has 0 radical (unpaired) electrons. The van der Waals surface area contributed by atoms with E-state index in [4.69, 9.17) is 0 Å². The summed E-state index contributed by atoms with van der Waals surface area (Å²) in [4.78, 5) is 23.4. The van der Waals surface area contributed by atoms with Gasteiger partial charge in [0.15, 0.2) is 11.0 Å². The topological polar surface area (TPSA) is 103 Å². The lowest BCUT2D eigenvalue weighted by Gasteiger charge is -2.12. The molecule has 0 saturated heterocycles. The van der Waals surface area contributed by atoms with Crippen LogP contribution in [0.1, 0.15) is 11.1 Å². The van der Waals surface area contributed by atoms with Gasteiger partial charge in [-0.05, 0) is 43.7 Å². The summed E-state index contributed by atoms with van der Waals surface area (Å²) in [6.45, 7) is 3.64. The van der Waals surface area contributed by atoms with E-state index in [2.05, 4.69) is 15.5 Å². The molecule has 34 heavy (non-hydrogen) atoms. The van der Waals surface area contributed by atoms with E-state index in [9.17, 15) is 19.3 Å². The molecule has 0 unspecified atom stereocenters. The van der Waals surface area contributed by atoms with Crippen molar-refractivity contribution >= 4 is 29.0 Å². The third-order valence-electron chi connectivity index (χ3n) is 5.08. The molecule has 4 aromatic rings. The largest absolute Gasteiger partial charge is 0.319 e. The first kappa shape index (κ1) is 23.1. The fourth-order valence-electron chi connectivity index (χ4n) is 3.38. The maximum absolute atomic E-state index is 14.5. The van der Waals surface area contributed by atoms with Gasteiger partial charge in [0.1, 0.15) is 11.5 Å². The van der Waals surface area contributed by atoms with Crippen molar-refractivity contribution in [3.8, 4) is 17.1 Å². The van der Waals surface area contributed by atoms with E-state index in [-0.39, 0.29) is 22.7 Å². The van der Waals surface area contributed by atoms with E-state index in [0.29, 0.717) is 22.2 Å². The van der Waals surface area contributed by atoms with Crippen LogP contribution in [0.4, 0.5) is 15.8 Å². The Kier molecular flexibility index (Phi) is 6.69. The minimum Gasteiger partial charge on any atom is -0.319 e. The van der Waals surface area contributed by atoms with E-state index in [0.717, 1.165) is 17.3 Å². The molecule has 1 aromatic heterocycles. The molecule has 1 N–H and O–H groups in total. The number of halogens is 1. The van der Waals surface area contributed by atoms with Crippen molar-refractivity contribution in [2.45, 2.75) is 19.0 Å². The second-order valence-electron chi connectivity index (χ2n) is 7.52. The quantitative estimate of drug-likeness (QED) is 0.219. The van der Waals surface area contributed by atoms with Crippen molar-refractivity contribution < 1.29 is 14.1 Å². The summed E-state index contributed by atoms with van der Waals surface area (Å²) in [7, 11) is 0. The number of aryl methyl sites for hydroxylation is 2. The van der Waals surface area contributed by atoms with Gasteiger partial charge in [0.05, 0.1) is 16.2 Å². The van der Waals surface area contributed by atoms with Crippen molar-refractivity contribution in [2.24, 2.45) is 0 Å². The summed E-state index contributed by atoms with van der Waals surface area (Å²) < 4.78 is 16.2. The van der Waals surface area contributed by atoms with Gasteiger partial charge in [-0.3, -0.25) is 19.5 Å². The number of aromatic nitrogens is 3. The molecule has 0 atom stereocenters. The van der Waals surface area contributed by atoms with Crippen LogP contribution in [0.2, 0.25) is 0 Å². The Labute approximate surface area is 199 Å². The molecule has 1 amide bonds. The Morgan fingerprint density at radius 3 is 2.50 bits per heavy atom. The molecule has 0 aliphatic heterocycles. The average molecular weight is 478 g/mol. The third kappa shape index (κ3) is 4.81. The molecule has 0 bridgehead atoms. The van der Waals surface area contributed by atoms with E-state index < -0.39 is 16.6 Å². The number of rotatable bonds is 7. The SMILES string of the molecule is Cc1ccc(-n2c(SCC(=O)Nc3c(C)cccc3[N+](=O)[O-])nnc2-c2ccccc2F)cc1.